The van der Waals surface area contributed by atoms with Crippen LogP contribution >= 0.6 is 11.6 Å². The second-order valence-corrected chi connectivity index (χ2v) is 8.09. The summed E-state index contributed by atoms with van der Waals surface area (Å²) in [5.74, 6) is 0.389. The van der Waals surface area contributed by atoms with Gasteiger partial charge in [0.05, 0.1) is 11.1 Å². The lowest BCUT2D eigenvalue weighted by Gasteiger charge is -2.20. The number of hydrogen-bond donors (Lipinski definition) is 0. The molecule has 0 saturated carbocycles. The van der Waals surface area contributed by atoms with E-state index in [4.69, 9.17) is 11.6 Å². The number of alkyl halides is 3. The lowest BCUT2D eigenvalue weighted by Crippen LogP contribution is -2.09. The Morgan fingerprint density at radius 1 is 1.13 bits per heavy atom. The molecule has 164 valence electrons. The molecule has 1 unspecified atom stereocenters. The highest BCUT2D eigenvalue weighted by molar-refractivity contribution is 6.32. The Balaban J connectivity index is 1.73. The van der Waals surface area contributed by atoms with E-state index in [1.54, 1.807) is 18.5 Å². The van der Waals surface area contributed by atoms with Gasteiger partial charge in [-0.25, -0.2) is 14.6 Å². The average Bonchev–Trinajstić information content (AvgIpc) is 3.12. The molecule has 3 rings (SSSR count). The smallest absolute Gasteiger partial charge is 0.294 e. The van der Waals surface area contributed by atoms with Crippen LogP contribution in [-0.4, -0.2) is 25.5 Å². The molecule has 5 nitrogen and oxygen atoms in total. The van der Waals surface area contributed by atoms with E-state index in [9.17, 15) is 18.0 Å². The van der Waals surface area contributed by atoms with Crippen LogP contribution in [0.25, 0.3) is 5.95 Å². The molecule has 0 spiro atoms. The molecule has 1 atom stereocenters. The summed E-state index contributed by atoms with van der Waals surface area (Å²) in [5.41, 5.74) is 0.372. The lowest BCUT2D eigenvalue weighted by molar-refractivity contribution is -0.137. The number of benzene rings is 1. The minimum atomic E-state index is -4.37. The Morgan fingerprint density at radius 3 is 2.35 bits per heavy atom. The zero-order valence-electron chi connectivity index (χ0n) is 17.1. The zero-order valence-corrected chi connectivity index (χ0v) is 17.9. The van der Waals surface area contributed by atoms with Crippen LogP contribution < -0.4 is 0 Å². The van der Waals surface area contributed by atoms with E-state index in [0.29, 0.717) is 18.3 Å². The molecule has 0 saturated heterocycles. The number of hydrogen-bond acceptors (Lipinski definition) is 4. The van der Waals surface area contributed by atoms with Gasteiger partial charge in [0.15, 0.2) is 10.9 Å². The SMILES string of the molecule is CC(C)CC(CCC(=O)c1cn(-c2ncccn2)nc1Cl)c1ccc(C(F)(F)F)cc1. The van der Waals surface area contributed by atoms with Crippen LogP contribution in [0.1, 0.15) is 60.5 Å². The highest BCUT2D eigenvalue weighted by Crippen LogP contribution is 2.33. The Labute approximate surface area is 183 Å². The van der Waals surface area contributed by atoms with Gasteiger partial charge in [0.2, 0.25) is 5.95 Å². The van der Waals surface area contributed by atoms with Crippen LogP contribution in [0.5, 0.6) is 0 Å². The molecule has 31 heavy (non-hydrogen) atoms. The van der Waals surface area contributed by atoms with Crippen molar-refractivity contribution in [3.05, 3.63) is 70.8 Å². The van der Waals surface area contributed by atoms with Gasteiger partial charge < -0.3 is 0 Å². The van der Waals surface area contributed by atoms with E-state index in [1.807, 2.05) is 13.8 Å². The maximum Gasteiger partial charge on any atom is 0.416 e. The van der Waals surface area contributed by atoms with Crippen molar-refractivity contribution in [2.45, 2.75) is 45.2 Å². The van der Waals surface area contributed by atoms with Crippen LogP contribution in [0, 0.1) is 5.92 Å². The van der Waals surface area contributed by atoms with E-state index in [1.165, 1.54) is 23.0 Å². The number of carbonyl (C=O) groups is 1. The molecule has 0 amide bonds. The predicted octanol–water partition coefficient (Wildman–Crippen LogP) is 6.13. The highest BCUT2D eigenvalue weighted by atomic mass is 35.5. The molecule has 9 heteroatoms. The minimum Gasteiger partial charge on any atom is -0.294 e. The van der Waals surface area contributed by atoms with Crippen molar-refractivity contribution in [2.24, 2.45) is 5.92 Å². The van der Waals surface area contributed by atoms with Crippen molar-refractivity contribution in [1.82, 2.24) is 19.7 Å². The molecular formula is C22H22ClF3N4O. The lowest BCUT2D eigenvalue weighted by atomic mass is 9.85. The summed E-state index contributed by atoms with van der Waals surface area (Å²) in [6.45, 7) is 4.08. The van der Waals surface area contributed by atoms with E-state index in [2.05, 4.69) is 15.1 Å². The van der Waals surface area contributed by atoms with Gasteiger partial charge in [0.1, 0.15) is 0 Å². The van der Waals surface area contributed by atoms with Gasteiger partial charge in [-0.15, -0.1) is 0 Å². The Hall–Kier alpha value is -2.74. The second-order valence-electron chi connectivity index (χ2n) is 7.74. The normalized spacial score (nSPS) is 12.9. The molecule has 0 aliphatic carbocycles. The monoisotopic (exact) mass is 450 g/mol. The van der Waals surface area contributed by atoms with Crippen LogP contribution in [0.3, 0.4) is 0 Å². The number of Topliss-reactive ketones (excluding diaryl/α,β-unsaturated/α-hetero) is 1. The quantitative estimate of drug-likeness (QED) is 0.387. The predicted molar refractivity (Wildman–Crippen MR) is 111 cm³/mol. The fourth-order valence-electron chi connectivity index (χ4n) is 3.43. The molecule has 0 N–H and O–H groups in total. The van der Waals surface area contributed by atoms with E-state index in [-0.39, 0.29) is 28.8 Å². The van der Waals surface area contributed by atoms with Crippen molar-refractivity contribution >= 4 is 17.4 Å². The van der Waals surface area contributed by atoms with Crippen LogP contribution in [0.15, 0.2) is 48.9 Å². The first-order chi connectivity index (χ1) is 14.6. The summed E-state index contributed by atoms with van der Waals surface area (Å²) in [7, 11) is 0. The van der Waals surface area contributed by atoms with E-state index < -0.39 is 11.7 Å². The third kappa shape index (κ3) is 5.91. The largest absolute Gasteiger partial charge is 0.416 e. The van der Waals surface area contributed by atoms with Crippen molar-refractivity contribution in [3.63, 3.8) is 0 Å². The molecule has 3 aromatic rings. The van der Waals surface area contributed by atoms with Crippen molar-refractivity contribution in [1.29, 1.82) is 0 Å². The fraction of sp³-hybridized carbons (Fsp3) is 0.364. The van der Waals surface area contributed by atoms with Gasteiger partial charge in [-0.3, -0.25) is 4.79 Å². The van der Waals surface area contributed by atoms with E-state index in [0.717, 1.165) is 24.1 Å². The number of halogens is 4. The van der Waals surface area contributed by atoms with Gasteiger partial charge in [-0.05, 0) is 48.4 Å². The number of carbonyl (C=O) groups excluding carboxylic acids is 1. The minimum absolute atomic E-state index is 0.0440. The topological polar surface area (TPSA) is 60.7 Å². The third-order valence-electron chi connectivity index (χ3n) is 4.91. The van der Waals surface area contributed by atoms with Gasteiger partial charge in [0, 0.05) is 25.0 Å². The first kappa shape index (κ1) is 22.9. The fourth-order valence-corrected chi connectivity index (χ4v) is 3.66. The first-order valence-electron chi connectivity index (χ1n) is 9.88. The van der Waals surface area contributed by atoms with Gasteiger partial charge in [0.25, 0.3) is 0 Å². The Bertz CT molecular complexity index is 1020. The maximum atomic E-state index is 12.9. The van der Waals surface area contributed by atoms with Gasteiger partial charge in [-0.2, -0.15) is 18.3 Å². The van der Waals surface area contributed by atoms with Gasteiger partial charge in [-0.1, -0.05) is 37.6 Å². The Morgan fingerprint density at radius 2 is 1.77 bits per heavy atom. The Kier molecular flexibility index (Phi) is 7.10. The molecular weight excluding hydrogens is 429 g/mol. The summed E-state index contributed by atoms with van der Waals surface area (Å²) in [6.07, 6.45) is 1.67. The number of aromatic nitrogens is 4. The standard InChI is InChI=1S/C22H22ClF3N4O/c1-14(2)12-16(15-4-7-17(8-5-15)22(24,25)26)6-9-19(31)18-13-30(29-20(18)23)21-27-10-3-11-28-21/h3-5,7-8,10-11,13-14,16H,6,9,12H2,1-2H3. The average molecular weight is 451 g/mol. The summed E-state index contributed by atoms with van der Waals surface area (Å²) >= 11 is 6.15. The van der Waals surface area contributed by atoms with E-state index >= 15 is 0 Å². The summed E-state index contributed by atoms with van der Waals surface area (Å²) in [5, 5.41) is 4.16. The van der Waals surface area contributed by atoms with Crippen molar-refractivity contribution < 1.29 is 18.0 Å². The molecule has 2 aromatic heterocycles. The molecule has 1 aromatic carbocycles. The molecule has 0 aliphatic rings. The van der Waals surface area contributed by atoms with Crippen molar-refractivity contribution in [3.8, 4) is 5.95 Å². The third-order valence-corrected chi connectivity index (χ3v) is 5.19. The highest BCUT2D eigenvalue weighted by Gasteiger charge is 2.30. The summed E-state index contributed by atoms with van der Waals surface area (Å²) in [4.78, 5) is 20.9. The molecule has 0 bridgehead atoms. The maximum absolute atomic E-state index is 12.9. The van der Waals surface area contributed by atoms with Gasteiger partial charge >= 0.3 is 6.18 Å². The summed E-state index contributed by atoms with van der Waals surface area (Å²) in [6, 6.07) is 6.84. The molecule has 0 fully saturated rings. The molecule has 2 heterocycles. The second kappa shape index (κ2) is 9.60. The van der Waals surface area contributed by atoms with Crippen LogP contribution in [-0.2, 0) is 6.18 Å². The van der Waals surface area contributed by atoms with Crippen molar-refractivity contribution in [2.75, 3.05) is 0 Å². The molecule has 0 radical (unpaired) electrons. The number of ketones is 1. The number of rotatable bonds is 8. The van der Waals surface area contributed by atoms with Crippen LogP contribution in [0.4, 0.5) is 13.2 Å². The first-order valence-corrected chi connectivity index (χ1v) is 10.3. The summed E-state index contributed by atoms with van der Waals surface area (Å²) < 4.78 is 39.9. The van der Waals surface area contributed by atoms with Crippen LogP contribution in [0.2, 0.25) is 5.15 Å². The zero-order chi connectivity index (χ0) is 22.6. The molecule has 0 aliphatic heterocycles. The number of nitrogens with zero attached hydrogens (tertiary/aromatic N) is 4.